The highest BCUT2D eigenvalue weighted by Crippen LogP contribution is 2.55. The minimum Gasteiger partial charge on any atom is -0.481 e. The fraction of sp³-hybridized carbons (Fsp3) is 0.358. The largest absolute Gasteiger partial charge is 0.481 e. The Morgan fingerprint density at radius 2 is 1.09 bits per heavy atom. The van der Waals surface area contributed by atoms with E-state index in [1.165, 1.54) is 23.3 Å². The summed E-state index contributed by atoms with van der Waals surface area (Å²) in [5, 5.41) is 26.7. The molecule has 4 aromatic carbocycles. The Morgan fingerprint density at radius 3 is 1.62 bits per heavy atom. The summed E-state index contributed by atoms with van der Waals surface area (Å²) in [6.45, 7) is 0. The first-order chi connectivity index (χ1) is 31.6. The van der Waals surface area contributed by atoms with Crippen molar-refractivity contribution in [3.63, 3.8) is 0 Å². The van der Waals surface area contributed by atoms with Crippen LogP contribution in [0.25, 0.3) is 43.6 Å². The molecule has 4 aliphatic carbocycles. The molecule has 0 aliphatic heterocycles. The van der Waals surface area contributed by atoms with Gasteiger partial charge in [-0.1, -0.05) is 6.07 Å². The zero-order valence-corrected chi connectivity index (χ0v) is 36.2. The summed E-state index contributed by atoms with van der Waals surface area (Å²) in [6.07, 6.45) is 17.5. The lowest BCUT2D eigenvalue weighted by atomic mass is 9.88. The van der Waals surface area contributed by atoms with Crippen LogP contribution in [-0.4, -0.2) is 47.2 Å². The lowest BCUT2D eigenvalue weighted by Gasteiger charge is -2.16. The van der Waals surface area contributed by atoms with E-state index in [0.717, 1.165) is 106 Å². The molecule has 5 N–H and O–H groups in total. The van der Waals surface area contributed by atoms with Crippen molar-refractivity contribution in [3.05, 3.63) is 138 Å². The molecule has 0 bridgehead atoms. The van der Waals surface area contributed by atoms with Crippen LogP contribution in [-0.2, 0) is 16.0 Å². The quantitative estimate of drug-likeness (QED) is 0.110. The third kappa shape index (κ3) is 9.35. The van der Waals surface area contributed by atoms with E-state index in [0.29, 0.717) is 72.4 Å². The monoisotopic (exact) mass is 873 g/mol. The Morgan fingerprint density at radius 1 is 0.600 bits per heavy atom. The number of aromatic nitrogens is 6. The molecule has 0 radical (unpaired) electrons. The van der Waals surface area contributed by atoms with Gasteiger partial charge >= 0.3 is 5.97 Å². The normalized spacial score (nSPS) is 24.4. The van der Waals surface area contributed by atoms with Gasteiger partial charge in [-0.2, -0.15) is 10.2 Å². The van der Waals surface area contributed by atoms with Crippen molar-refractivity contribution in [1.82, 2.24) is 30.4 Å². The molecule has 8 atom stereocenters. The second kappa shape index (κ2) is 18.1. The number of nitrogens with one attached hydrogen (secondary N) is 2. The van der Waals surface area contributed by atoms with E-state index in [9.17, 15) is 18.4 Å². The van der Waals surface area contributed by atoms with Crippen LogP contribution in [0.1, 0.15) is 92.7 Å². The lowest BCUT2D eigenvalue weighted by molar-refractivity contribution is -0.138. The highest BCUT2D eigenvalue weighted by Gasteiger charge is 2.44. The first-order valence-corrected chi connectivity index (χ1v) is 23.0. The van der Waals surface area contributed by atoms with E-state index >= 15 is 0 Å². The molecule has 4 aromatic heterocycles. The molecule has 0 saturated heterocycles. The van der Waals surface area contributed by atoms with Crippen molar-refractivity contribution in [3.8, 4) is 0 Å². The number of nitrogens with two attached hydrogens (primary N) is 1. The highest BCUT2D eigenvalue weighted by molar-refractivity contribution is 5.85. The minimum absolute atomic E-state index is 0.199. The third-order valence-electron chi connectivity index (χ3n) is 14.9. The number of anilines is 1. The van der Waals surface area contributed by atoms with Gasteiger partial charge in [-0.25, -0.2) is 8.78 Å². The number of hydrogen-bond acceptors (Lipinski definition) is 7. The molecule has 0 amide bonds. The second-order valence-corrected chi connectivity index (χ2v) is 19.2. The van der Waals surface area contributed by atoms with Crippen molar-refractivity contribution < 1.29 is 23.5 Å². The van der Waals surface area contributed by atoms with Gasteiger partial charge in [0.1, 0.15) is 17.4 Å². The van der Waals surface area contributed by atoms with Gasteiger partial charge in [0.2, 0.25) is 0 Å². The summed E-state index contributed by atoms with van der Waals surface area (Å²) in [5.41, 5.74) is 13.6. The highest BCUT2D eigenvalue weighted by atomic mass is 19.1. The number of fused-ring (bicyclic) bond motifs is 6. The van der Waals surface area contributed by atoms with Crippen LogP contribution in [0.3, 0.4) is 0 Å². The van der Waals surface area contributed by atoms with Gasteiger partial charge < -0.3 is 10.8 Å². The molecular weight excluding hydrogens is 821 g/mol. The number of H-pyrrole nitrogens is 2. The van der Waals surface area contributed by atoms with Gasteiger partial charge in [-0.3, -0.25) is 29.8 Å². The maximum absolute atomic E-state index is 13.9. The van der Waals surface area contributed by atoms with Gasteiger partial charge in [0.05, 0.1) is 34.5 Å². The number of aromatic amines is 2. The number of carbonyl (C=O) groups excluding carboxylic acids is 1. The SMILES string of the molecule is Nc1ccc2[nH]ncc2c1.O=C(Cc1ccc2[nH]ncc2c1)CC1C[C@@H]2CC(c3ccnc4ccc(F)cc34)C[C@@H]2C1.O=C(O)CC1C[C@@H]2CC(c3ccnc4ccc(F)cc34)C[C@@H]2C1. The Balaban J connectivity index is 0.000000131. The standard InChI is InChI=1S/C27H26FN3O.C19H20FNO2.C7H7N3/c28-22-2-4-27-25(14-22)24(5-6-29-27)20-12-18-8-17(9-19(18)13-20)11-23(32)10-16-1-3-26-21(7-16)15-30-31-26;20-15-1-2-18-17(10-15)16(3-4-21-18)14-8-12-5-11(7-19(22)23)6-13(12)9-14;8-6-1-2-7-5(3-6)4-9-10-7/h1-7,14-15,17-20H,8-13H2,(H,30,31);1-4,10-14H,5-9H2,(H,22,23);1-4H,8H2,(H,9,10)/t17?,18-,19+,20?;11?,12-,13+,14?;. The summed E-state index contributed by atoms with van der Waals surface area (Å²) < 4.78 is 27.5. The zero-order valence-electron chi connectivity index (χ0n) is 36.2. The van der Waals surface area contributed by atoms with E-state index in [-0.39, 0.29) is 11.6 Å². The van der Waals surface area contributed by atoms with E-state index in [1.807, 2.05) is 48.8 Å². The van der Waals surface area contributed by atoms with Crippen LogP contribution in [0.15, 0.2) is 110 Å². The number of carboxylic acids is 1. The Bertz CT molecular complexity index is 2990. The molecule has 4 fully saturated rings. The first-order valence-electron chi connectivity index (χ1n) is 23.0. The molecule has 12 rings (SSSR count). The number of Topliss-reactive ketones (excluding diaryl/α,β-unsaturated/α-hetero) is 1. The number of rotatable bonds is 8. The van der Waals surface area contributed by atoms with Crippen molar-refractivity contribution in [2.75, 3.05) is 5.73 Å². The van der Waals surface area contributed by atoms with Crippen molar-refractivity contribution >= 4 is 61.1 Å². The van der Waals surface area contributed by atoms with Crippen LogP contribution in [0, 0.1) is 47.1 Å². The summed E-state index contributed by atoms with van der Waals surface area (Å²) in [7, 11) is 0. The third-order valence-corrected chi connectivity index (χ3v) is 14.9. The number of carboxylic acid groups (broad SMARTS) is 1. The molecule has 4 saturated carbocycles. The van der Waals surface area contributed by atoms with Crippen LogP contribution in [0.4, 0.5) is 14.5 Å². The minimum atomic E-state index is -0.679. The van der Waals surface area contributed by atoms with Crippen molar-refractivity contribution in [2.24, 2.45) is 35.5 Å². The van der Waals surface area contributed by atoms with E-state index in [4.69, 9.17) is 10.8 Å². The van der Waals surface area contributed by atoms with Crippen LogP contribution >= 0.6 is 0 Å². The molecule has 65 heavy (non-hydrogen) atoms. The van der Waals surface area contributed by atoms with E-state index in [1.54, 1.807) is 36.7 Å². The molecule has 0 spiro atoms. The van der Waals surface area contributed by atoms with Crippen molar-refractivity contribution in [2.45, 2.75) is 82.5 Å². The lowest BCUT2D eigenvalue weighted by Crippen LogP contribution is -2.10. The van der Waals surface area contributed by atoms with E-state index in [2.05, 4.69) is 42.5 Å². The number of hydrogen-bond donors (Lipinski definition) is 4. The number of pyridine rings is 2. The molecule has 8 aromatic rings. The van der Waals surface area contributed by atoms with Gasteiger partial charge in [-0.15, -0.1) is 0 Å². The van der Waals surface area contributed by atoms with Crippen LogP contribution in [0.2, 0.25) is 0 Å². The molecule has 10 nitrogen and oxygen atoms in total. The fourth-order valence-electron chi connectivity index (χ4n) is 12.2. The first kappa shape index (κ1) is 42.4. The zero-order chi connectivity index (χ0) is 44.6. The average molecular weight is 874 g/mol. The number of benzene rings is 4. The molecule has 332 valence electrons. The number of nitrogens with zero attached hydrogens (tertiary/aromatic N) is 4. The molecule has 4 aliphatic rings. The Kier molecular flexibility index (Phi) is 11.8. The fourth-order valence-corrected chi connectivity index (χ4v) is 12.2. The number of ketones is 1. The number of halogens is 2. The second-order valence-electron chi connectivity index (χ2n) is 19.2. The average Bonchev–Trinajstić information content (AvgIpc) is 4.15. The van der Waals surface area contributed by atoms with Gasteiger partial charge in [0.15, 0.2) is 0 Å². The van der Waals surface area contributed by atoms with Crippen LogP contribution in [0.5, 0.6) is 0 Å². The number of carbonyl (C=O) groups is 2. The maximum Gasteiger partial charge on any atom is 0.303 e. The van der Waals surface area contributed by atoms with E-state index < -0.39 is 5.97 Å². The van der Waals surface area contributed by atoms with Gasteiger partial charge in [0.25, 0.3) is 0 Å². The summed E-state index contributed by atoms with van der Waals surface area (Å²) in [4.78, 5) is 32.4. The number of nitrogen functional groups attached to an aromatic ring is 1. The van der Waals surface area contributed by atoms with Crippen LogP contribution < -0.4 is 5.73 Å². The topological polar surface area (TPSA) is 164 Å². The van der Waals surface area contributed by atoms with Crippen molar-refractivity contribution in [1.29, 1.82) is 0 Å². The predicted molar refractivity (Wildman–Crippen MR) is 249 cm³/mol. The smallest absolute Gasteiger partial charge is 0.303 e. The molecular formula is C53H53F2N7O3. The van der Waals surface area contributed by atoms with Gasteiger partial charge in [0, 0.05) is 58.9 Å². The molecule has 12 heteroatoms. The predicted octanol–water partition coefficient (Wildman–Crippen LogP) is 11.5. The Labute approximate surface area is 375 Å². The van der Waals surface area contributed by atoms with Gasteiger partial charge in [-0.05, 0) is 194 Å². The summed E-state index contributed by atoms with van der Waals surface area (Å²) >= 11 is 0. The molecule has 4 heterocycles. The Hall–Kier alpha value is -6.56. The maximum atomic E-state index is 13.9. The summed E-state index contributed by atoms with van der Waals surface area (Å²) in [6, 6.07) is 25.5. The number of aliphatic carboxylic acids is 1. The molecule has 4 unspecified atom stereocenters. The summed E-state index contributed by atoms with van der Waals surface area (Å²) in [5.74, 6) is 3.61.